The second-order valence-electron chi connectivity index (χ2n) is 6.76. The van der Waals surface area contributed by atoms with Crippen molar-refractivity contribution in [2.24, 2.45) is 0 Å². The van der Waals surface area contributed by atoms with Crippen LogP contribution in [0.1, 0.15) is 30.9 Å². The van der Waals surface area contributed by atoms with Crippen LogP contribution in [0.25, 0.3) is 0 Å². The molecule has 0 radical (unpaired) electrons. The molecule has 1 atom stereocenters. The first-order valence-corrected chi connectivity index (χ1v) is 9.11. The minimum Gasteiger partial charge on any atom is -0.493 e. The van der Waals surface area contributed by atoms with Crippen molar-refractivity contribution in [1.29, 1.82) is 0 Å². The standard InChI is InChI=1S/C19H25N3O5/c1-4-5-14-18(24)22(19(25)20-14)11-17(23)21-7-6-12-8-15(26-2)16(27-3)9-13(12)10-21/h8-9,14H,4-7,10-11H2,1-3H3,(H,20,25). The summed E-state index contributed by atoms with van der Waals surface area (Å²) in [5, 5.41) is 2.64. The van der Waals surface area contributed by atoms with Crippen LogP contribution >= 0.6 is 0 Å². The van der Waals surface area contributed by atoms with Crippen molar-refractivity contribution in [2.75, 3.05) is 27.3 Å². The molecule has 0 saturated carbocycles. The van der Waals surface area contributed by atoms with Gasteiger partial charge < -0.3 is 19.7 Å². The predicted octanol–water partition coefficient (Wildman–Crippen LogP) is 1.31. The number of ether oxygens (including phenoxy) is 2. The van der Waals surface area contributed by atoms with Crippen molar-refractivity contribution in [2.45, 2.75) is 38.8 Å². The number of imide groups is 1. The molecule has 8 nitrogen and oxygen atoms in total. The van der Waals surface area contributed by atoms with Gasteiger partial charge in [-0.05, 0) is 36.1 Å². The zero-order valence-electron chi connectivity index (χ0n) is 15.9. The molecule has 1 unspecified atom stereocenters. The van der Waals surface area contributed by atoms with E-state index in [-0.39, 0.29) is 18.4 Å². The first-order valence-electron chi connectivity index (χ1n) is 9.11. The average molecular weight is 375 g/mol. The summed E-state index contributed by atoms with van der Waals surface area (Å²) in [5.41, 5.74) is 2.09. The summed E-state index contributed by atoms with van der Waals surface area (Å²) in [5.74, 6) is 0.717. The number of urea groups is 1. The first kappa shape index (κ1) is 19.0. The lowest BCUT2D eigenvalue weighted by Gasteiger charge is -2.30. The number of methoxy groups -OCH3 is 2. The smallest absolute Gasteiger partial charge is 0.325 e. The van der Waals surface area contributed by atoms with Crippen molar-refractivity contribution in [3.8, 4) is 11.5 Å². The minimum atomic E-state index is -0.519. The lowest BCUT2D eigenvalue weighted by Crippen LogP contribution is -2.45. The summed E-state index contributed by atoms with van der Waals surface area (Å²) in [4.78, 5) is 39.7. The average Bonchev–Trinajstić information content (AvgIpc) is 2.94. The van der Waals surface area contributed by atoms with E-state index in [1.807, 2.05) is 19.1 Å². The van der Waals surface area contributed by atoms with E-state index in [9.17, 15) is 14.4 Å². The van der Waals surface area contributed by atoms with Crippen molar-refractivity contribution in [3.05, 3.63) is 23.3 Å². The van der Waals surface area contributed by atoms with Crippen LogP contribution in [0, 0.1) is 0 Å². The fourth-order valence-corrected chi connectivity index (χ4v) is 3.54. The van der Waals surface area contributed by atoms with E-state index in [0.717, 1.165) is 22.4 Å². The lowest BCUT2D eigenvalue weighted by atomic mass is 9.98. The van der Waals surface area contributed by atoms with Gasteiger partial charge in [0.2, 0.25) is 5.91 Å². The maximum Gasteiger partial charge on any atom is 0.325 e. The molecular weight excluding hydrogens is 350 g/mol. The van der Waals surface area contributed by atoms with Crippen molar-refractivity contribution >= 4 is 17.8 Å². The number of rotatable bonds is 6. The fraction of sp³-hybridized carbons (Fsp3) is 0.526. The van der Waals surface area contributed by atoms with E-state index in [0.29, 0.717) is 37.4 Å². The van der Waals surface area contributed by atoms with Gasteiger partial charge >= 0.3 is 6.03 Å². The molecule has 3 rings (SSSR count). The number of carbonyl (C=O) groups is 3. The molecule has 1 N–H and O–H groups in total. The molecule has 4 amide bonds. The third-order valence-corrected chi connectivity index (χ3v) is 5.05. The van der Waals surface area contributed by atoms with Crippen LogP contribution in [-0.4, -0.2) is 61.0 Å². The van der Waals surface area contributed by atoms with Gasteiger partial charge in [-0.15, -0.1) is 0 Å². The Labute approximate surface area is 158 Å². The monoisotopic (exact) mass is 375 g/mol. The highest BCUT2D eigenvalue weighted by atomic mass is 16.5. The van der Waals surface area contributed by atoms with Crippen molar-refractivity contribution in [1.82, 2.24) is 15.1 Å². The van der Waals surface area contributed by atoms with Crippen LogP contribution in [-0.2, 0) is 22.6 Å². The molecule has 0 aliphatic carbocycles. The second kappa shape index (κ2) is 7.85. The number of nitrogens with zero attached hydrogens (tertiary/aromatic N) is 2. The van der Waals surface area contributed by atoms with Crippen LogP contribution in [0.4, 0.5) is 4.79 Å². The Balaban J connectivity index is 1.69. The quantitative estimate of drug-likeness (QED) is 0.758. The Morgan fingerprint density at radius 2 is 1.85 bits per heavy atom. The molecule has 0 aromatic heterocycles. The first-order chi connectivity index (χ1) is 13.0. The number of carbonyl (C=O) groups excluding carboxylic acids is 3. The predicted molar refractivity (Wildman–Crippen MR) is 97.6 cm³/mol. The third kappa shape index (κ3) is 3.70. The Kier molecular flexibility index (Phi) is 5.53. The van der Waals surface area contributed by atoms with Gasteiger partial charge in [0.05, 0.1) is 14.2 Å². The molecular formula is C19H25N3O5. The zero-order chi connectivity index (χ0) is 19.6. The lowest BCUT2D eigenvalue weighted by molar-refractivity contribution is -0.138. The van der Waals surface area contributed by atoms with Crippen LogP contribution in [0.2, 0.25) is 0 Å². The van der Waals surface area contributed by atoms with Crippen LogP contribution in [0.5, 0.6) is 11.5 Å². The zero-order valence-corrected chi connectivity index (χ0v) is 15.9. The van der Waals surface area contributed by atoms with Gasteiger partial charge in [-0.25, -0.2) is 4.79 Å². The molecule has 1 aromatic rings. The number of amides is 4. The molecule has 1 aromatic carbocycles. The van der Waals surface area contributed by atoms with Gasteiger partial charge in [-0.2, -0.15) is 0 Å². The van der Waals surface area contributed by atoms with E-state index in [4.69, 9.17) is 9.47 Å². The molecule has 8 heteroatoms. The third-order valence-electron chi connectivity index (χ3n) is 5.05. The van der Waals surface area contributed by atoms with E-state index >= 15 is 0 Å². The molecule has 1 saturated heterocycles. The summed E-state index contributed by atoms with van der Waals surface area (Å²) >= 11 is 0. The van der Waals surface area contributed by atoms with Gasteiger partial charge in [-0.3, -0.25) is 14.5 Å². The van der Waals surface area contributed by atoms with Gasteiger partial charge in [0.25, 0.3) is 5.91 Å². The fourth-order valence-electron chi connectivity index (χ4n) is 3.54. The van der Waals surface area contributed by atoms with Crippen molar-refractivity contribution in [3.63, 3.8) is 0 Å². The second-order valence-corrected chi connectivity index (χ2v) is 6.76. The summed E-state index contributed by atoms with van der Waals surface area (Å²) < 4.78 is 10.7. The number of fused-ring (bicyclic) bond motifs is 1. The van der Waals surface area contributed by atoms with Crippen molar-refractivity contribution < 1.29 is 23.9 Å². The Hall–Kier alpha value is -2.77. The Morgan fingerprint density at radius 1 is 1.19 bits per heavy atom. The number of benzene rings is 1. The molecule has 2 heterocycles. The Morgan fingerprint density at radius 3 is 2.48 bits per heavy atom. The Bertz CT molecular complexity index is 764. The number of hydrogen-bond acceptors (Lipinski definition) is 5. The summed E-state index contributed by atoms with van der Waals surface area (Å²) in [6.07, 6.45) is 2.04. The van der Waals surface area contributed by atoms with Gasteiger partial charge in [0.1, 0.15) is 12.6 Å². The van der Waals surface area contributed by atoms with Crippen LogP contribution < -0.4 is 14.8 Å². The topological polar surface area (TPSA) is 88.2 Å². The molecule has 2 aliphatic rings. The molecule has 27 heavy (non-hydrogen) atoms. The highest BCUT2D eigenvalue weighted by molar-refractivity contribution is 6.06. The maximum atomic E-state index is 12.7. The number of nitrogens with one attached hydrogen (secondary N) is 1. The van der Waals surface area contributed by atoms with E-state index in [1.54, 1.807) is 19.1 Å². The van der Waals surface area contributed by atoms with E-state index < -0.39 is 12.1 Å². The highest BCUT2D eigenvalue weighted by Gasteiger charge is 2.39. The molecule has 146 valence electrons. The van der Waals surface area contributed by atoms with Gasteiger partial charge in [0.15, 0.2) is 11.5 Å². The summed E-state index contributed by atoms with van der Waals surface area (Å²) in [6, 6.07) is 2.80. The molecule has 1 fully saturated rings. The van der Waals surface area contributed by atoms with Gasteiger partial charge in [-0.1, -0.05) is 13.3 Å². The largest absolute Gasteiger partial charge is 0.493 e. The van der Waals surface area contributed by atoms with E-state index in [2.05, 4.69) is 5.32 Å². The molecule has 0 bridgehead atoms. The molecule has 2 aliphatic heterocycles. The van der Waals surface area contributed by atoms with Crippen LogP contribution in [0.15, 0.2) is 12.1 Å². The van der Waals surface area contributed by atoms with Crippen LogP contribution in [0.3, 0.4) is 0 Å². The summed E-state index contributed by atoms with van der Waals surface area (Å²) in [6.45, 7) is 2.66. The molecule has 0 spiro atoms. The normalized spacial score (nSPS) is 19.0. The SMILES string of the molecule is CCCC1NC(=O)N(CC(=O)N2CCc3cc(OC)c(OC)cc3C2)C1=O. The highest BCUT2D eigenvalue weighted by Crippen LogP contribution is 2.33. The minimum absolute atomic E-state index is 0.229. The van der Waals surface area contributed by atoms with Gasteiger partial charge in [0, 0.05) is 13.1 Å². The van der Waals surface area contributed by atoms with E-state index in [1.165, 1.54) is 0 Å². The maximum absolute atomic E-state index is 12.7. The summed E-state index contributed by atoms with van der Waals surface area (Å²) in [7, 11) is 3.16. The number of hydrogen-bond donors (Lipinski definition) is 1.